The van der Waals surface area contributed by atoms with E-state index in [-0.39, 0.29) is 11.9 Å². The molecule has 0 aliphatic heterocycles. The van der Waals surface area contributed by atoms with Crippen molar-refractivity contribution >= 4 is 21.6 Å². The topological polar surface area (TPSA) is 29.9 Å². The lowest BCUT2D eigenvalue weighted by molar-refractivity contribution is 0.619. The zero-order valence-electron chi connectivity index (χ0n) is 11.2. The number of aromatic nitrogens is 2. The van der Waals surface area contributed by atoms with Gasteiger partial charge in [0.25, 0.3) is 0 Å². The van der Waals surface area contributed by atoms with E-state index >= 15 is 0 Å². The van der Waals surface area contributed by atoms with E-state index in [9.17, 15) is 4.39 Å². The average molecular weight is 326 g/mol. The molecule has 1 heterocycles. The first-order chi connectivity index (χ1) is 9.01. The number of aryl methyl sites for hydroxylation is 2. The lowest BCUT2D eigenvalue weighted by Gasteiger charge is -2.15. The second kappa shape index (κ2) is 5.74. The number of hydrogen-bond donors (Lipinski definition) is 1. The molecule has 0 amide bonds. The van der Waals surface area contributed by atoms with E-state index in [0.717, 1.165) is 23.4 Å². The van der Waals surface area contributed by atoms with Crippen molar-refractivity contribution in [3.8, 4) is 0 Å². The molecule has 5 heteroatoms. The smallest absolute Gasteiger partial charge is 0.137 e. The molecule has 0 saturated carbocycles. The number of benzene rings is 1. The maximum Gasteiger partial charge on any atom is 0.137 e. The molecule has 1 atom stereocenters. The molecule has 0 radical (unpaired) electrons. The molecule has 0 aliphatic rings. The molecule has 1 aromatic carbocycles. The molecule has 19 heavy (non-hydrogen) atoms. The zero-order valence-corrected chi connectivity index (χ0v) is 12.8. The summed E-state index contributed by atoms with van der Waals surface area (Å²) in [5.41, 5.74) is 3.09. The zero-order chi connectivity index (χ0) is 14.0. The van der Waals surface area contributed by atoms with Crippen molar-refractivity contribution in [2.75, 3.05) is 5.32 Å². The fraction of sp³-hybridized carbons (Fsp3) is 0.357. The number of halogens is 2. The third-order valence-electron chi connectivity index (χ3n) is 3.06. The van der Waals surface area contributed by atoms with Gasteiger partial charge in [0, 0.05) is 19.3 Å². The third kappa shape index (κ3) is 3.15. The van der Waals surface area contributed by atoms with E-state index in [1.807, 2.05) is 20.2 Å². The molecule has 0 aliphatic carbocycles. The number of hydrogen-bond acceptors (Lipinski definition) is 2. The van der Waals surface area contributed by atoms with E-state index in [2.05, 4.69) is 33.3 Å². The minimum atomic E-state index is -0.244. The van der Waals surface area contributed by atoms with Gasteiger partial charge in [-0.25, -0.2) is 4.39 Å². The summed E-state index contributed by atoms with van der Waals surface area (Å²) in [6, 6.07) is 5.16. The van der Waals surface area contributed by atoms with Crippen LogP contribution in [-0.4, -0.2) is 9.78 Å². The molecule has 1 aromatic heterocycles. The van der Waals surface area contributed by atoms with Crippen molar-refractivity contribution in [2.45, 2.75) is 26.3 Å². The fourth-order valence-corrected chi connectivity index (χ4v) is 2.41. The fourth-order valence-electron chi connectivity index (χ4n) is 2.01. The quantitative estimate of drug-likeness (QED) is 0.918. The maximum absolute atomic E-state index is 13.2. The Morgan fingerprint density at radius 2 is 2.21 bits per heavy atom. The minimum Gasteiger partial charge on any atom is -0.376 e. The second-order valence-corrected chi connectivity index (χ2v) is 5.41. The van der Waals surface area contributed by atoms with Crippen LogP contribution in [0.15, 0.2) is 28.9 Å². The Kier molecular flexibility index (Phi) is 4.24. The Morgan fingerprint density at radius 3 is 2.84 bits per heavy atom. The molecule has 1 unspecified atom stereocenters. The number of rotatable bonds is 4. The summed E-state index contributed by atoms with van der Waals surface area (Å²) in [5.74, 6) is -0.244. The van der Waals surface area contributed by atoms with Crippen molar-refractivity contribution in [3.63, 3.8) is 0 Å². The molecule has 0 saturated heterocycles. The van der Waals surface area contributed by atoms with Gasteiger partial charge in [0.2, 0.25) is 0 Å². The van der Waals surface area contributed by atoms with Gasteiger partial charge in [-0.2, -0.15) is 5.10 Å². The van der Waals surface area contributed by atoms with E-state index in [0.29, 0.717) is 4.47 Å². The van der Waals surface area contributed by atoms with Gasteiger partial charge in [0.05, 0.1) is 15.9 Å². The average Bonchev–Trinajstić information content (AvgIpc) is 2.72. The minimum absolute atomic E-state index is 0.0893. The highest BCUT2D eigenvalue weighted by Gasteiger charge is 2.12. The molecule has 1 N–H and O–H groups in total. The van der Waals surface area contributed by atoms with Crippen LogP contribution in [0, 0.1) is 5.82 Å². The van der Waals surface area contributed by atoms with Crippen LogP contribution in [-0.2, 0) is 13.5 Å². The predicted octanol–water partition coefficient (Wildman–Crippen LogP) is 4.06. The van der Waals surface area contributed by atoms with Crippen molar-refractivity contribution in [1.82, 2.24) is 9.78 Å². The van der Waals surface area contributed by atoms with Crippen LogP contribution < -0.4 is 5.32 Å². The molecule has 3 nitrogen and oxygen atoms in total. The monoisotopic (exact) mass is 325 g/mol. The number of nitrogens with zero attached hydrogens (tertiary/aromatic N) is 2. The Morgan fingerprint density at radius 1 is 1.47 bits per heavy atom. The predicted molar refractivity (Wildman–Crippen MR) is 78.7 cm³/mol. The van der Waals surface area contributed by atoms with Gasteiger partial charge in [-0.3, -0.25) is 4.68 Å². The molecule has 0 fully saturated rings. The van der Waals surface area contributed by atoms with Crippen molar-refractivity contribution in [3.05, 3.63) is 45.9 Å². The Hall–Kier alpha value is -1.36. The van der Waals surface area contributed by atoms with Crippen LogP contribution in [0.2, 0.25) is 0 Å². The summed E-state index contributed by atoms with van der Waals surface area (Å²) in [4.78, 5) is 0. The Balaban J connectivity index is 2.20. The van der Waals surface area contributed by atoms with Crippen molar-refractivity contribution in [1.29, 1.82) is 0 Å². The Labute approximate surface area is 121 Å². The largest absolute Gasteiger partial charge is 0.376 e. The molecule has 0 spiro atoms. The first-order valence-electron chi connectivity index (χ1n) is 6.25. The summed E-state index contributed by atoms with van der Waals surface area (Å²) in [5, 5.41) is 7.81. The van der Waals surface area contributed by atoms with Gasteiger partial charge < -0.3 is 5.32 Å². The molecule has 102 valence electrons. The summed E-state index contributed by atoms with van der Waals surface area (Å²) >= 11 is 3.21. The van der Waals surface area contributed by atoms with Crippen molar-refractivity contribution in [2.24, 2.45) is 7.05 Å². The van der Waals surface area contributed by atoms with Crippen LogP contribution >= 0.6 is 15.9 Å². The SMILES string of the molecule is CCc1nn(C)cc1NC(C)c1ccc(F)c(Br)c1. The molecular weight excluding hydrogens is 309 g/mol. The van der Waals surface area contributed by atoms with Crippen LogP contribution in [0.5, 0.6) is 0 Å². The van der Waals surface area contributed by atoms with Crippen LogP contribution in [0.3, 0.4) is 0 Å². The van der Waals surface area contributed by atoms with E-state index in [1.54, 1.807) is 16.8 Å². The van der Waals surface area contributed by atoms with E-state index in [4.69, 9.17) is 0 Å². The highest BCUT2D eigenvalue weighted by molar-refractivity contribution is 9.10. The van der Waals surface area contributed by atoms with Crippen LogP contribution in [0.4, 0.5) is 10.1 Å². The highest BCUT2D eigenvalue weighted by atomic mass is 79.9. The van der Waals surface area contributed by atoms with Gasteiger partial charge in [0.15, 0.2) is 0 Å². The van der Waals surface area contributed by atoms with Gasteiger partial charge in [-0.05, 0) is 47.0 Å². The maximum atomic E-state index is 13.2. The highest BCUT2D eigenvalue weighted by Crippen LogP contribution is 2.25. The summed E-state index contributed by atoms with van der Waals surface area (Å²) in [6.07, 6.45) is 2.84. The third-order valence-corrected chi connectivity index (χ3v) is 3.66. The van der Waals surface area contributed by atoms with Crippen molar-refractivity contribution < 1.29 is 4.39 Å². The van der Waals surface area contributed by atoms with Gasteiger partial charge in [-0.15, -0.1) is 0 Å². The normalized spacial score (nSPS) is 12.5. The van der Waals surface area contributed by atoms with Crippen LogP contribution in [0.1, 0.15) is 31.1 Å². The second-order valence-electron chi connectivity index (χ2n) is 4.56. The Bertz CT molecular complexity index is 580. The van der Waals surface area contributed by atoms with E-state index < -0.39 is 0 Å². The molecule has 2 aromatic rings. The molecular formula is C14H17BrFN3. The summed E-state index contributed by atoms with van der Waals surface area (Å²) in [7, 11) is 1.91. The summed E-state index contributed by atoms with van der Waals surface area (Å²) in [6.45, 7) is 4.12. The summed E-state index contributed by atoms with van der Waals surface area (Å²) < 4.78 is 15.5. The lowest BCUT2D eigenvalue weighted by atomic mass is 10.1. The van der Waals surface area contributed by atoms with Gasteiger partial charge in [0.1, 0.15) is 5.82 Å². The molecule has 2 rings (SSSR count). The standard InChI is InChI=1S/C14H17BrFN3/c1-4-13-14(8-19(3)18-13)17-9(2)10-5-6-12(16)11(15)7-10/h5-9,17H,4H2,1-3H3. The first-order valence-corrected chi connectivity index (χ1v) is 7.04. The lowest BCUT2D eigenvalue weighted by Crippen LogP contribution is -2.07. The molecule has 0 bridgehead atoms. The number of anilines is 1. The number of nitrogens with one attached hydrogen (secondary N) is 1. The first kappa shape index (κ1) is 14.1. The van der Waals surface area contributed by atoms with E-state index in [1.165, 1.54) is 6.07 Å². The van der Waals surface area contributed by atoms with Crippen LogP contribution in [0.25, 0.3) is 0 Å². The van der Waals surface area contributed by atoms with Gasteiger partial charge >= 0.3 is 0 Å². The van der Waals surface area contributed by atoms with Gasteiger partial charge in [-0.1, -0.05) is 13.0 Å².